The summed E-state index contributed by atoms with van der Waals surface area (Å²) in [6.45, 7) is 5.09. The van der Waals surface area contributed by atoms with Crippen LogP contribution in [0, 0.1) is 5.92 Å². The van der Waals surface area contributed by atoms with Crippen LogP contribution >= 0.6 is 23.1 Å². The van der Waals surface area contributed by atoms with Crippen molar-refractivity contribution in [3.05, 3.63) is 95.1 Å². The molecule has 0 radical (unpaired) electrons. The minimum atomic E-state index is -0.532. The van der Waals surface area contributed by atoms with Crippen molar-refractivity contribution >= 4 is 39.3 Å². The number of ether oxygens (including phenoxy) is 2. The summed E-state index contributed by atoms with van der Waals surface area (Å²) >= 11 is 3.42. The van der Waals surface area contributed by atoms with E-state index in [0.29, 0.717) is 13.1 Å². The summed E-state index contributed by atoms with van der Waals surface area (Å²) in [4.78, 5) is 16.5. The van der Waals surface area contributed by atoms with Gasteiger partial charge >= 0.3 is 6.03 Å². The molecule has 1 aliphatic heterocycles. The van der Waals surface area contributed by atoms with Gasteiger partial charge in [-0.1, -0.05) is 79.3 Å². The second-order valence-corrected chi connectivity index (χ2v) is 11.8. The van der Waals surface area contributed by atoms with Crippen LogP contribution in [0.15, 0.2) is 77.1 Å². The number of carbonyl (C=O) groups is 1. The van der Waals surface area contributed by atoms with Crippen LogP contribution in [0.5, 0.6) is 0 Å². The second-order valence-electron chi connectivity index (χ2n) is 9.54. The average Bonchev–Trinajstić information content (AvgIpc) is 3.39. The number of para-hydroxylation sites is 1. The van der Waals surface area contributed by atoms with E-state index in [1.54, 1.807) is 23.1 Å². The van der Waals surface area contributed by atoms with Gasteiger partial charge in [0, 0.05) is 30.3 Å². The Balaban J connectivity index is 1.33. The van der Waals surface area contributed by atoms with Crippen LogP contribution < -0.4 is 10.6 Å². The van der Waals surface area contributed by atoms with Crippen molar-refractivity contribution in [2.24, 2.45) is 5.92 Å². The minimum Gasteiger partial charge on any atom is -0.392 e. The maximum absolute atomic E-state index is 11.7. The molecule has 7 nitrogen and oxygen atoms in total. The highest BCUT2D eigenvalue weighted by Gasteiger charge is 2.38. The number of benzene rings is 3. The lowest BCUT2D eigenvalue weighted by Gasteiger charge is -2.41. The van der Waals surface area contributed by atoms with Gasteiger partial charge in [0.25, 0.3) is 0 Å². The summed E-state index contributed by atoms with van der Waals surface area (Å²) in [5.74, 6) is 0.851. The summed E-state index contributed by atoms with van der Waals surface area (Å²) in [5.41, 5.74) is 4.87. The zero-order chi connectivity index (χ0) is 27.2. The zero-order valence-electron chi connectivity index (χ0n) is 22.0. The Morgan fingerprint density at radius 2 is 1.69 bits per heavy atom. The van der Waals surface area contributed by atoms with Crippen LogP contribution in [0.4, 0.5) is 4.79 Å². The van der Waals surface area contributed by atoms with Crippen LogP contribution in [-0.2, 0) is 22.6 Å². The molecule has 0 bridgehead atoms. The van der Waals surface area contributed by atoms with Gasteiger partial charge in [0.2, 0.25) is 0 Å². The molecule has 0 saturated carbocycles. The van der Waals surface area contributed by atoms with Crippen molar-refractivity contribution < 1.29 is 19.4 Å². The van der Waals surface area contributed by atoms with Crippen LogP contribution in [-0.4, -0.2) is 34.5 Å². The molecular weight excluding hydrogens is 530 g/mol. The molecule has 3 N–H and O–H groups in total. The molecular formula is C30H33N3O4S2. The molecule has 2 heterocycles. The van der Waals surface area contributed by atoms with Gasteiger partial charge in [-0.3, -0.25) is 0 Å². The molecule has 1 aliphatic rings. The number of nitrogens with zero attached hydrogens (tertiary/aromatic N) is 1. The molecule has 9 heteroatoms. The molecule has 39 heavy (non-hydrogen) atoms. The zero-order valence-corrected chi connectivity index (χ0v) is 23.6. The van der Waals surface area contributed by atoms with E-state index in [1.165, 1.54) is 4.70 Å². The Labute approximate surface area is 237 Å². The number of thiazole rings is 1. The fraction of sp³-hybridized carbons (Fsp3) is 0.333. The number of hydrogen-bond acceptors (Lipinski definition) is 7. The topological polar surface area (TPSA) is 92.7 Å². The molecule has 0 spiro atoms. The van der Waals surface area contributed by atoms with Crippen molar-refractivity contribution in [1.29, 1.82) is 0 Å². The Kier molecular flexibility index (Phi) is 9.16. The standard InChI is InChI=1S/C30H33N3O4S2/c1-3-31-29(35)32-16-20-8-14-23(15-9-20)28-36-25(18-38-30-33-24-6-4-5-7-26(24)39-30)19(2)27(37-28)22-12-10-21(17-34)11-13-22/h4-15,19,25,27-28,34H,3,16-18H2,1-2H3,(H2,31,32,35)/t19-,25+,27+,28+/m1/s1. The third kappa shape index (κ3) is 6.80. The van der Waals surface area contributed by atoms with Gasteiger partial charge in [-0.05, 0) is 35.7 Å². The lowest BCUT2D eigenvalue weighted by molar-refractivity contribution is -0.268. The maximum atomic E-state index is 11.7. The van der Waals surface area contributed by atoms with Gasteiger partial charge in [-0.15, -0.1) is 11.3 Å². The summed E-state index contributed by atoms with van der Waals surface area (Å²) in [7, 11) is 0. The van der Waals surface area contributed by atoms with Crippen molar-refractivity contribution in [3.8, 4) is 0 Å². The van der Waals surface area contributed by atoms with Gasteiger partial charge in [0.15, 0.2) is 10.6 Å². The molecule has 5 rings (SSSR count). The minimum absolute atomic E-state index is 0.00976. The fourth-order valence-corrected chi connectivity index (χ4v) is 6.83. The molecule has 4 aromatic rings. The van der Waals surface area contributed by atoms with E-state index in [0.717, 1.165) is 37.9 Å². The lowest BCUT2D eigenvalue weighted by atomic mass is 9.91. The van der Waals surface area contributed by atoms with Gasteiger partial charge in [-0.2, -0.15) is 0 Å². The van der Waals surface area contributed by atoms with E-state index in [1.807, 2.05) is 73.7 Å². The lowest BCUT2D eigenvalue weighted by Crippen LogP contribution is -2.38. The number of rotatable bonds is 9. The number of urea groups is 1. The summed E-state index contributed by atoms with van der Waals surface area (Å²) in [6.07, 6.45) is -0.769. The van der Waals surface area contributed by atoms with Crippen LogP contribution in [0.1, 0.15) is 48.5 Å². The molecule has 1 saturated heterocycles. The number of carbonyl (C=O) groups excluding carboxylic acids is 1. The third-order valence-electron chi connectivity index (χ3n) is 6.81. The average molecular weight is 564 g/mol. The highest BCUT2D eigenvalue weighted by molar-refractivity contribution is 8.01. The number of thioether (sulfide) groups is 1. The van der Waals surface area contributed by atoms with Crippen molar-refractivity contribution in [1.82, 2.24) is 15.6 Å². The molecule has 1 aromatic heterocycles. The van der Waals surface area contributed by atoms with Gasteiger partial charge < -0.3 is 25.2 Å². The molecule has 204 valence electrons. The second kappa shape index (κ2) is 12.9. The van der Waals surface area contributed by atoms with Gasteiger partial charge in [-0.25, -0.2) is 9.78 Å². The number of hydrogen-bond donors (Lipinski definition) is 3. The molecule has 2 amide bonds. The van der Waals surface area contributed by atoms with Crippen LogP contribution in [0.2, 0.25) is 0 Å². The van der Waals surface area contributed by atoms with E-state index in [9.17, 15) is 9.90 Å². The smallest absolute Gasteiger partial charge is 0.315 e. The Bertz CT molecular complexity index is 1340. The van der Waals surface area contributed by atoms with Crippen LogP contribution in [0.25, 0.3) is 10.2 Å². The predicted octanol–water partition coefficient (Wildman–Crippen LogP) is 6.19. The monoisotopic (exact) mass is 563 g/mol. The van der Waals surface area contributed by atoms with Gasteiger partial charge in [0.05, 0.1) is 29.0 Å². The number of aromatic nitrogens is 1. The number of aliphatic hydroxyl groups excluding tert-OH is 1. The Hall–Kier alpha value is -2.95. The first-order valence-corrected chi connectivity index (χ1v) is 14.9. The summed E-state index contributed by atoms with van der Waals surface area (Å²) in [5, 5.41) is 15.1. The van der Waals surface area contributed by atoms with E-state index in [-0.39, 0.29) is 30.8 Å². The largest absolute Gasteiger partial charge is 0.392 e. The van der Waals surface area contributed by atoms with E-state index >= 15 is 0 Å². The summed E-state index contributed by atoms with van der Waals surface area (Å²) < 4.78 is 15.3. The van der Waals surface area contributed by atoms with Crippen LogP contribution in [0.3, 0.4) is 0 Å². The molecule has 1 fully saturated rings. The summed E-state index contributed by atoms with van der Waals surface area (Å²) in [6, 6.07) is 23.9. The molecule has 3 aromatic carbocycles. The highest BCUT2D eigenvalue weighted by atomic mass is 32.2. The fourth-order valence-electron chi connectivity index (χ4n) is 4.57. The first-order chi connectivity index (χ1) is 19.0. The quantitative estimate of drug-likeness (QED) is 0.210. The SMILES string of the molecule is CCNC(=O)NCc1ccc([C@H]2O[C@@H](CSc3nc4ccccc4s3)[C@@H](C)[C@@H](c3ccc(CO)cc3)O2)cc1. The molecule has 4 atom stereocenters. The van der Waals surface area contributed by atoms with E-state index in [4.69, 9.17) is 14.5 Å². The van der Waals surface area contributed by atoms with Crippen molar-refractivity contribution in [2.75, 3.05) is 12.3 Å². The number of nitrogens with one attached hydrogen (secondary N) is 2. The molecule has 0 unspecified atom stereocenters. The number of aliphatic hydroxyl groups is 1. The first-order valence-electron chi connectivity index (χ1n) is 13.1. The normalized spacial score (nSPS) is 21.1. The number of amides is 2. The predicted molar refractivity (Wildman–Crippen MR) is 156 cm³/mol. The van der Waals surface area contributed by atoms with E-state index < -0.39 is 6.29 Å². The van der Waals surface area contributed by atoms with Gasteiger partial charge in [0.1, 0.15) is 0 Å². The van der Waals surface area contributed by atoms with Crippen molar-refractivity contribution in [3.63, 3.8) is 0 Å². The number of fused-ring (bicyclic) bond motifs is 1. The molecule has 0 aliphatic carbocycles. The van der Waals surface area contributed by atoms with E-state index in [2.05, 4.69) is 23.6 Å². The highest BCUT2D eigenvalue weighted by Crippen LogP contribution is 2.43. The first kappa shape index (κ1) is 27.6. The Morgan fingerprint density at radius 1 is 0.974 bits per heavy atom. The maximum Gasteiger partial charge on any atom is 0.315 e. The Morgan fingerprint density at radius 3 is 2.41 bits per heavy atom. The third-order valence-corrected chi connectivity index (χ3v) is 9.08. The van der Waals surface area contributed by atoms with Crippen molar-refractivity contribution in [2.45, 2.75) is 49.8 Å².